The summed E-state index contributed by atoms with van der Waals surface area (Å²) in [4.78, 5) is 15.9. The number of carbonyl (C=O) groups is 1. The second-order valence-electron chi connectivity index (χ2n) is 10.8. The Balaban J connectivity index is 1.84. The van der Waals surface area contributed by atoms with Crippen molar-refractivity contribution in [3.05, 3.63) is 41.1 Å². The van der Waals surface area contributed by atoms with Crippen molar-refractivity contribution in [1.29, 1.82) is 0 Å². The van der Waals surface area contributed by atoms with E-state index in [-0.39, 0.29) is 24.3 Å². The number of sulfonamides is 1. The van der Waals surface area contributed by atoms with Crippen LogP contribution in [0.2, 0.25) is 0 Å². The standard InChI is InChI=1S/C27H29F8N3O6S/c1-37-17(7-10-26(30,31)32)13-38(16-5-8-25(28,29)9-6-16)19-11-18(27(33,34)35)20(12-21(19)45(37,41)42)44-14-15-3-4-22(43-2)36-23(15)24(39)40/h3-4,11-12,16-17H,5-10,13-14H2,1-2H3,(H,39,40). The monoisotopic (exact) mass is 675 g/mol. The fourth-order valence-electron chi connectivity index (χ4n) is 5.44. The first-order valence-corrected chi connectivity index (χ1v) is 15.0. The second-order valence-corrected chi connectivity index (χ2v) is 12.8. The molecule has 1 saturated carbocycles. The first-order valence-electron chi connectivity index (χ1n) is 13.6. The number of anilines is 1. The minimum atomic E-state index is -5.15. The molecule has 2 heterocycles. The van der Waals surface area contributed by atoms with Gasteiger partial charge in [0.15, 0.2) is 5.69 Å². The van der Waals surface area contributed by atoms with Crippen molar-refractivity contribution < 1.29 is 62.9 Å². The Kier molecular flexibility index (Phi) is 9.51. The lowest BCUT2D eigenvalue weighted by Crippen LogP contribution is -2.47. The van der Waals surface area contributed by atoms with Crippen molar-refractivity contribution in [3.8, 4) is 11.6 Å². The molecule has 1 aliphatic carbocycles. The van der Waals surface area contributed by atoms with E-state index in [9.17, 15) is 53.4 Å². The van der Waals surface area contributed by atoms with Crippen LogP contribution in [0, 0.1) is 0 Å². The Morgan fingerprint density at radius 1 is 1.11 bits per heavy atom. The molecule has 0 spiro atoms. The van der Waals surface area contributed by atoms with Crippen LogP contribution in [0.25, 0.3) is 0 Å². The predicted octanol–water partition coefficient (Wildman–Crippen LogP) is 6.12. The van der Waals surface area contributed by atoms with Crippen LogP contribution in [0.5, 0.6) is 11.6 Å². The molecule has 0 bridgehead atoms. The van der Waals surface area contributed by atoms with Crippen LogP contribution >= 0.6 is 0 Å². The highest BCUT2D eigenvalue weighted by molar-refractivity contribution is 7.89. The molecule has 250 valence electrons. The molecular formula is C27H29F8N3O6S. The van der Waals surface area contributed by atoms with Crippen LogP contribution < -0.4 is 14.4 Å². The quantitative estimate of drug-likeness (QED) is 0.334. The molecule has 0 saturated heterocycles. The molecule has 1 aliphatic heterocycles. The lowest BCUT2D eigenvalue weighted by molar-refractivity contribution is -0.139. The number of alkyl halides is 8. The lowest BCUT2D eigenvalue weighted by atomic mass is 9.90. The van der Waals surface area contributed by atoms with Gasteiger partial charge in [0.1, 0.15) is 17.3 Å². The van der Waals surface area contributed by atoms with E-state index in [4.69, 9.17) is 9.47 Å². The maximum Gasteiger partial charge on any atom is 0.420 e. The SMILES string of the molecule is COc1ccc(COc2cc3c(cc2C(F)(F)F)N(C2CCC(F)(F)CC2)CC(CCC(F)(F)F)N(C)S3(=O)=O)c(C(=O)O)n1. The summed E-state index contributed by atoms with van der Waals surface area (Å²) in [6.45, 7) is -1.28. The Morgan fingerprint density at radius 2 is 1.76 bits per heavy atom. The number of carboxylic acid groups (broad SMARTS) is 1. The highest BCUT2D eigenvalue weighted by atomic mass is 32.2. The highest BCUT2D eigenvalue weighted by Crippen LogP contribution is 2.46. The molecule has 1 fully saturated rings. The van der Waals surface area contributed by atoms with Crippen molar-refractivity contribution in [3.63, 3.8) is 0 Å². The summed E-state index contributed by atoms with van der Waals surface area (Å²) in [5.41, 5.74) is -2.75. The van der Waals surface area contributed by atoms with E-state index in [0.717, 1.165) is 7.05 Å². The number of nitrogens with zero attached hydrogens (tertiary/aromatic N) is 3. The topological polar surface area (TPSA) is 109 Å². The number of hydrogen-bond donors (Lipinski definition) is 1. The van der Waals surface area contributed by atoms with Crippen molar-refractivity contribution in [2.24, 2.45) is 0 Å². The van der Waals surface area contributed by atoms with Gasteiger partial charge in [-0.05, 0) is 31.4 Å². The molecule has 2 aromatic rings. The van der Waals surface area contributed by atoms with E-state index in [1.54, 1.807) is 0 Å². The molecule has 1 aromatic carbocycles. The van der Waals surface area contributed by atoms with Crippen LogP contribution in [0.4, 0.5) is 40.8 Å². The summed E-state index contributed by atoms with van der Waals surface area (Å²) in [5, 5.41) is 9.50. The van der Waals surface area contributed by atoms with Crippen LogP contribution in [-0.4, -0.2) is 73.7 Å². The average molecular weight is 676 g/mol. The molecule has 4 rings (SSSR count). The van der Waals surface area contributed by atoms with Crippen LogP contribution in [-0.2, 0) is 22.8 Å². The van der Waals surface area contributed by atoms with Crippen molar-refractivity contribution in [2.45, 2.75) is 80.4 Å². The van der Waals surface area contributed by atoms with Gasteiger partial charge in [-0.25, -0.2) is 27.0 Å². The number of fused-ring (bicyclic) bond motifs is 1. The van der Waals surface area contributed by atoms with Gasteiger partial charge in [0, 0.05) is 62.6 Å². The van der Waals surface area contributed by atoms with Gasteiger partial charge in [-0.3, -0.25) is 0 Å². The third kappa shape index (κ3) is 7.70. The third-order valence-electron chi connectivity index (χ3n) is 7.89. The fourth-order valence-corrected chi connectivity index (χ4v) is 7.01. The van der Waals surface area contributed by atoms with Crippen LogP contribution in [0.3, 0.4) is 0 Å². The number of halogens is 8. The van der Waals surface area contributed by atoms with Crippen molar-refractivity contribution in [2.75, 3.05) is 25.6 Å². The summed E-state index contributed by atoms with van der Waals surface area (Å²) < 4.78 is 149. The Labute approximate surface area is 252 Å². The number of hydrogen-bond acceptors (Lipinski definition) is 7. The van der Waals surface area contributed by atoms with Gasteiger partial charge in [0.05, 0.1) is 18.4 Å². The molecular weight excluding hydrogens is 646 g/mol. The van der Waals surface area contributed by atoms with Crippen LogP contribution in [0.1, 0.15) is 60.1 Å². The summed E-state index contributed by atoms with van der Waals surface area (Å²) in [5.74, 6) is -5.71. The molecule has 1 N–H and O–H groups in total. The summed E-state index contributed by atoms with van der Waals surface area (Å²) in [6, 6.07) is 1.22. The van der Waals surface area contributed by atoms with E-state index >= 15 is 0 Å². The molecule has 1 unspecified atom stereocenters. The smallest absolute Gasteiger partial charge is 0.420 e. The van der Waals surface area contributed by atoms with E-state index in [2.05, 4.69) is 4.98 Å². The number of ether oxygens (including phenoxy) is 2. The number of rotatable bonds is 8. The predicted molar refractivity (Wildman–Crippen MR) is 142 cm³/mol. The van der Waals surface area contributed by atoms with E-state index in [1.165, 1.54) is 24.1 Å². The maximum atomic E-state index is 14.4. The zero-order valence-corrected chi connectivity index (χ0v) is 24.7. The number of carboxylic acids is 1. The average Bonchev–Trinajstić information content (AvgIpc) is 3.01. The third-order valence-corrected chi connectivity index (χ3v) is 9.83. The maximum absolute atomic E-state index is 14.4. The summed E-state index contributed by atoms with van der Waals surface area (Å²) in [7, 11) is -2.55. The van der Waals surface area contributed by atoms with Crippen molar-refractivity contribution in [1.82, 2.24) is 9.29 Å². The minimum absolute atomic E-state index is 0.105. The summed E-state index contributed by atoms with van der Waals surface area (Å²) >= 11 is 0. The largest absolute Gasteiger partial charge is 0.488 e. The zero-order chi connectivity index (χ0) is 33.5. The van der Waals surface area contributed by atoms with Gasteiger partial charge < -0.3 is 19.5 Å². The normalized spacial score (nSPS) is 20.8. The number of aromatic nitrogens is 1. The molecule has 0 radical (unpaired) electrons. The Hall–Kier alpha value is -3.41. The van der Waals surface area contributed by atoms with Crippen LogP contribution in [0.15, 0.2) is 29.2 Å². The van der Waals surface area contributed by atoms with Gasteiger partial charge in [0.2, 0.25) is 21.8 Å². The number of methoxy groups -OCH3 is 1. The van der Waals surface area contributed by atoms with E-state index in [1.807, 2.05) is 0 Å². The van der Waals surface area contributed by atoms with Gasteiger partial charge >= 0.3 is 18.3 Å². The molecule has 1 aromatic heterocycles. The first-order chi connectivity index (χ1) is 20.7. The number of likely N-dealkylation sites (N-methyl/N-ethyl adjacent to an activating group) is 1. The highest BCUT2D eigenvalue weighted by Gasteiger charge is 2.45. The molecule has 45 heavy (non-hydrogen) atoms. The fraction of sp³-hybridized carbons (Fsp3) is 0.556. The minimum Gasteiger partial charge on any atom is -0.488 e. The van der Waals surface area contributed by atoms with Gasteiger partial charge in [-0.2, -0.15) is 30.6 Å². The van der Waals surface area contributed by atoms with E-state index < -0.39 is 113 Å². The number of aromatic carboxylic acids is 1. The van der Waals surface area contributed by atoms with Gasteiger partial charge in [-0.1, -0.05) is 0 Å². The summed E-state index contributed by atoms with van der Waals surface area (Å²) in [6.07, 6.45) is -13.7. The van der Waals surface area contributed by atoms with Gasteiger partial charge in [-0.15, -0.1) is 0 Å². The van der Waals surface area contributed by atoms with E-state index in [0.29, 0.717) is 16.4 Å². The number of pyridine rings is 1. The zero-order valence-electron chi connectivity index (χ0n) is 23.9. The molecule has 0 amide bonds. The Morgan fingerprint density at radius 3 is 2.31 bits per heavy atom. The molecule has 9 nitrogen and oxygen atoms in total. The van der Waals surface area contributed by atoms with Gasteiger partial charge in [0.25, 0.3) is 0 Å². The second kappa shape index (κ2) is 12.4. The van der Waals surface area contributed by atoms with Crippen molar-refractivity contribution >= 4 is 21.7 Å². The number of benzene rings is 1. The lowest BCUT2D eigenvalue weighted by Gasteiger charge is -2.40. The molecule has 18 heteroatoms. The molecule has 1 atom stereocenters. The molecule has 2 aliphatic rings. The first kappa shape index (κ1) is 34.5. The Bertz CT molecular complexity index is 1520.